The lowest BCUT2D eigenvalue weighted by Crippen LogP contribution is -2.10. The Morgan fingerprint density at radius 2 is 1.73 bits per heavy atom. The summed E-state index contributed by atoms with van der Waals surface area (Å²) >= 11 is 5.91. The van der Waals surface area contributed by atoms with Crippen molar-refractivity contribution in [2.24, 2.45) is 5.92 Å². The number of esters is 1. The third-order valence-corrected chi connectivity index (χ3v) is 4.44. The molecule has 0 saturated heterocycles. The molecule has 0 bridgehead atoms. The van der Waals surface area contributed by atoms with E-state index in [-0.39, 0.29) is 11.9 Å². The van der Waals surface area contributed by atoms with Crippen molar-refractivity contribution >= 4 is 40.6 Å². The number of nitrogens with one attached hydrogen (secondary N) is 2. The molecule has 0 spiro atoms. The van der Waals surface area contributed by atoms with Gasteiger partial charge >= 0.3 is 5.97 Å². The van der Waals surface area contributed by atoms with Gasteiger partial charge in [0.2, 0.25) is 0 Å². The molecule has 0 aliphatic rings. The highest BCUT2D eigenvalue weighted by Crippen LogP contribution is 2.26. The molecular formula is C22H24ClN5O2. The molecule has 1 heterocycles. The average molecular weight is 426 g/mol. The predicted octanol–water partition coefficient (Wildman–Crippen LogP) is 4.88. The zero-order valence-electron chi connectivity index (χ0n) is 16.9. The van der Waals surface area contributed by atoms with Crippen LogP contribution in [0.2, 0.25) is 5.02 Å². The van der Waals surface area contributed by atoms with E-state index < -0.39 is 0 Å². The zero-order valence-corrected chi connectivity index (χ0v) is 17.6. The van der Waals surface area contributed by atoms with Crippen LogP contribution in [0.25, 0.3) is 0 Å². The van der Waals surface area contributed by atoms with Crippen molar-refractivity contribution in [2.75, 3.05) is 23.0 Å². The highest BCUT2D eigenvalue weighted by Gasteiger charge is 2.11. The van der Waals surface area contributed by atoms with Crippen LogP contribution in [-0.4, -0.2) is 22.5 Å². The molecule has 30 heavy (non-hydrogen) atoms. The number of anilines is 4. The van der Waals surface area contributed by atoms with Crippen molar-refractivity contribution < 1.29 is 9.53 Å². The smallest absolute Gasteiger partial charge is 0.338 e. The van der Waals surface area contributed by atoms with E-state index >= 15 is 0 Å². The van der Waals surface area contributed by atoms with Crippen LogP contribution in [0.4, 0.5) is 23.0 Å². The number of rotatable bonds is 8. The maximum atomic E-state index is 12.0. The van der Waals surface area contributed by atoms with Crippen molar-refractivity contribution in [1.82, 2.24) is 9.97 Å². The Kier molecular flexibility index (Phi) is 7.08. The molecule has 156 valence electrons. The van der Waals surface area contributed by atoms with Gasteiger partial charge < -0.3 is 21.1 Å². The second-order valence-corrected chi connectivity index (χ2v) is 7.60. The fourth-order valence-electron chi connectivity index (χ4n) is 2.58. The first-order chi connectivity index (χ1) is 14.4. The SMILES string of the molecule is CC(C)COC(=O)c1ccc(Nc2ncnc(NCc3ccc(Cl)cc3)c2N)cc1. The maximum absolute atomic E-state index is 12.0. The van der Waals surface area contributed by atoms with Gasteiger partial charge in [-0.25, -0.2) is 14.8 Å². The van der Waals surface area contributed by atoms with Crippen molar-refractivity contribution in [3.05, 3.63) is 71.0 Å². The minimum absolute atomic E-state index is 0.290. The first kappa shape index (κ1) is 21.4. The van der Waals surface area contributed by atoms with E-state index in [9.17, 15) is 4.79 Å². The van der Waals surface area contributed by atoms with E-state index in [0.29, 0.717) is 41.1 Å². The van der Waals surface area contributed by atoms with E-state index in [1.165, 1.54) is 6.33 Å². The van der Waals surface area contributed by atoms with E-state index in [2.05, 4.69) is 20.6 Å². The monoisotopic (exact) mass is 425 g/mol. The number of carbonyl (C=O) groups is 1. The molecule has 0 radical (unpaired) electrons. The summed E-state index contributed by atoms with van der Waals surface area (Å²) in [6.07, 6.45) is 1.43. The number of nitrogen functional groups attached to an aromatic ring is 1. The number of hydrogen-bond donors (Lipinski definition) is 3. The van der Waals surface area contributed by atoms with E-state index in [0.717, 1.165) is 11.3 Å². The maximum Gasteiger partial charge on any atom is 0.338 e. The Morgan fingerprint density at radius 3 is 2.40 bits per heavy atom. The molecule has 0 unspecified atom stereocenters. The minimum atomic E-state index is -0.342. The van der Waals surface area contributed by atoms with Crippen molar-refractivity contribution in [3.8, 4) is 0 Å². The Hall–Kier alpha value is -3.32. The van der Waals surface area contributed by atoms with Crippen LogP contribution in [0.1, 0.15) is 29.8 Å². The predicted molar refractivity (Wildman–Crippen MR) is 120 cm³/mol. The molecule has 3 aromatic rings. The Labute approximate surface area is 180 Å². The summed E-state index contributed by atoms with van der Waals surface area (Å²) in [5.41, 5.74) is 8.89. The van der Waals surface area contributed by atoms with Crippen molar-refractivity contribution in [2.45, 2.75) is 20.4 Å². The summed E-state index contributed by atoms with van der Waals surface area (Å²) in [6.45, 7) is 4.92. The molecule has 0 amide bonds. The normalized spacial score (nSPS) is 10.7. The van der Waals surface area contributed by atoms with Crippen molar-refractivity contribution in [3.63, 3.8) is 0 Å². The molecule has 0 aliphatic carbocycles. The van der Waals surface area contributed by atoms with Gasteiger partial charge in [0.1, 0.15) is 12.0 Å². The molecule has 4 N–H and O–H groups in total. The average Bonchev–Trinajstić information content (AvgIpc) is 2.74. The van der Waals surface area contributed by atoms with Crippen molar-refractivity contribution in [1.29, 1.82) is 0 Å². The molecule has 3 rings (SSSR count). The van der Waals surface area contributed by atoms with Gasteiger partial charge in [-0.3, -0.25) is 0 Å². The summed E-state index contributed by atoms with van der Waals surface area (Å²) in [4.78, 5) is 20.4. The van der Waals surface area contributed by atoms with Gasteiger partial charge in [0.05, 0.1) is 12.2 Å². The Bertz CT molecular complexity index is 991. The van der Waals surface area contributed by atoms with E-state index in [1.807, 2.05) is 38.1 Å². The highest BCUT2D eigenvalue weighted by atomic mass is 35.5. The van der Waals surface area contributed by atoms with Crippen LogP contribution in [0, 0.1) is 5.92 Å². The molecule has 0 saturated carbocycles. The topological polar surface area (TPSA) is 102 Å². The van der Waals surface area contributed by atoms with Gasteiger partial charge in [-0.15, -0.1) is 0 Å². The van der Waals surface area contributed by atoms with Gasteiger partial charge in [-0.05, 0) is 47.9 Å². The number of aromatic nitrogens is 2. The summed E-state index contributed by atoms with van der Waals surface area (Å²) < 4.78 is 5.24. The number of benzene rings is 2. The number of halogens is 1. The molecule has 0 atom stereocenters. The van der Waals surface area contributed by atoms with Crippen LogP contribution in [0.5, 0.6) is 0 Å². The molecule has 2 aromatic carbocycles. The van der Waals surface area contributed by atoms with Crippen LogP contribution < -0.4 is 16.4 Å². The number of nitrogens with zero attached hydrogens (tertiary/aromatic N) is 2. The molecule has 0 aliphatic heterocycles. The van der Waals surface area contributed by atoms with Crippen LogP contribution in [0.3, 0.4) is 0 Å². The quantitative estimate of drug-likeness (QED) is 0.442. The van der Waals surface area contributed by atoms with E-state index in [4.69, 9.17) is 22.1 Å². The minimum Gasteiger partial charge on any atom is -0.462 e. The Morgan fingerprint density at radius 1 is 1.07 bits per heavy atom. The fourth-order valence-corrected chi connectivity index (χ4v) is 2.70. The number of ether oxygens (including phenoxy) is 1. The summed E-state index contributed by atoms with van der Waals surface area (Å²) in [5, 5.41) is 7.04. The third-order valence-electron chi connectivity index (χ3n) is 4.19. The number of hydrogen-bond acceptors (Lipinski definition) is 7. The number of nitrogens with two attached hydrogens (primary N) is 1. The first-order valence-corrected chi connectivity index (χ1v) is 9.93. The molecule has 7 nitrogen and oxygen atoms in total. The first-order valence-electron chi connectivity index (χ1n) is 9.55. The standard InChI is InChI=1S/C22H24ClN5O2/c1-14(2)12-30-22(29)16-5-9-18(10-6-16)28-21-19(24)20(26-13-27-21)25-11-15-3-7-17(23)8-4-15/h3-10,13-14H,11-12,24H2,1-2H3,(H2,25,26,27,28). The molecule has 8 heteroatoms. The van der Waals surface area contributed by atoms with Gasteiger partial charge in [0.15, 0.2) is 11.6 Å². The van der Waals surface area contributed by atoms with Gasteiger partial charge in [0.25, 0.3) is 0 Å². The van der Waals surface area contributed by atoms with Gasteiger partial charge in [-0.2, -0.15) is 0 Å². The largest absolute Gasteiger partial charge is 0.462 e. The summed E-state index contributed by atoms with van der Waals surface area (Å²) in [7, 11) is 0. The zero-order chi connectivity index (χ0) is 21.5. The lowest BCUT2D eigenvalue weighted by atomic mass is 10.2. The second kappa shape index (κ2) is 9.93. The summed E-state index contributed by atoms with van der Waals surface area (Å²) in [5.74, 6) is 0.943. The van der Waals surface area contributed by atoms with Gasteiger partial charge in [0, 0.05) is 17.3 Å². The Balaban J connectivity index is 1.64. The number of carbonyl (C=O) groups excluding carboxylic acids is 1. The van der Waals surface area contributed by atoms with Crippen LogP contribution >= 0.6 is 11.6 Å². The van der Waals surface area contributed by atoms with Crippen LogP contribution in [-0.2, 0) is 11.3 Å². The van der Waals surface area contributed by atoms with Gasteiger partial charge in [-0.1, -0.05) is 37.6 Å². The molecular weight excluding hydrogens is 402 g/mol. The second-order valence-electron chi connectivity index (χ2n) is 7.16. The van der Waals surface area contributed by atoms with Crippen LogP contribution in [0.15, 0.2) is 54.9 Å². The molecule has 0 fully saturated rings. The third kappa shape index (κ3) is 5.84. The molecule has 1 aromatic heterocycles. The highest BCUT2D eigenvalue weighted by molar-refractivity contribution is 6.30. The lowest BCUT2D eigenvalue weighted by Gasteiger charge is -2.13. The lowest BCUT2D eigenvalue weighted by molar-refractivity contribution is 0.0459. The fraction of sp³-hybridized carbons (Fsp3) is 0.227. The summed E-state index contributed by atoms with van der Waals surface area (Å²) in [6, 6.07) is 14.5. The van der Waals surface area contributed by atoms with E-state index in [1.54, 1.807) is 24.3 Å².